The van der Waals surface area contributed by atoms with Gasteiger partial charge in [-0.1, -0.05) is 25.4 Å². The van der Waals surface area contributed by atoms with E-state index in [0.29, 0.717) is 35.4 Å². The number of piperidine rings is 1. The fraction of sp³-hybridized carbons (Fsp3) is 0.480. The van der Waals surface area contributed by atoms with E-state index in [-0.39, 0.29) is 12.0 Å². The lowest BCUT2D eigenvalue weighted by molar-refractivity contribution is -0.137. The van der Waals surface area contributed by atoms with Crippen LogP contribution in [0.3, 0.4) is 0 Å². The summed E-state index contributed by atoms with van der Waals surface area (Å²) in [6.07, 6.45) is -2.88. The number of hydrogen-bond donors (Lipinski definition) is 1. The first-order chi connectivity index (χ1) is 17.5. The van der Waals surface area contributed by atoms with Gasteiger partial charge in [0.2, 0.25) is 5.88 Å². The number of carbonyl (C=O) groups is 1. The molecular weight excluding hydrogens is 513 g/mol. The highest BCUT2D eigenvalue weighted by Gasteiger charge is 2.48. The number of hydrazone groups is 1. The topological polar surface area (TPSA) is 87.5 Å². The molecule has 37 heavy (non-hydrogen) atoms. The lowest BCUT2D eigenvalue weighted by atomic mass is 9.94. The number of nitrogens with zero attached hydrogens (tertiary/aromatic N) is 4. The molecule has 3 heterocycles. The maximum atomic E-state index is 13.4. The Kier molecular flexibility index (Phi) is 7.72. The summed E-state index contributed by atoms with van der Waals surface area (Å²) in [7, 11) is 1.55. The number of aliphatic carboxylic acids is 1. The molecule has 0 saturated carbocycles. The van der Waals surface area contributed by atoms with Gasteiger partial charge in [-0.15, -0.1) is 0 Å². The molecule has 2 aliphatic heterocycles. The molecular formula is C25H28ClF3N4O4. The Labute approximate surface area is 217 Å². The minimum atomic E-state index is -4.63. The number of hydrogen-bond acceptors (Lipinski definition) is 7. The smallest absolute Gasteiger partial charge is 0.431 e. The molecule has 1 saturated heterocycles. The minimum absolute atomic E-state index is 0.0778. The van der Waals surface area contributed by atoms with Crippen LogP contribution in [0.25, 0.3) is 0 Å². The van der Waals surface area contributed by atoms with E-state index in [4.69, 9.17) is 21.1 Å². The van der Waals surface area contributed by atoms with Crippen molar-refractivity contribution >= 4 is 34.7 Å². The Balaban J connectivity index is 1.44. The average molecular weight is 541 g/mol. The number of carboxylic acid groups (broad SMARTS) is 1. The van der Waals surface area contributed by atoms with Gasteiger partial charge >= 0.3 is 12.1 Å². The van der Waals surface area contributed by atoms with Crippen molar-refractivity contribution in [2.75, 3.05) is 30.1 Å². The SMILES string of the molecule is COc1cc(N2CCC(Oc3ccc(N4N=C(C(F)(F)F)C(C)C4CC(=O)O)cc3)C(C)C2)c(Cl)cn1. The van der Waals surface area contributed by atoms with Crippen molar-refractivity contribution in [3.63, 3.8) is 0 Å². The van der Waals surface area contributed by atoms with Gasteiger partial charge in [-0.25, -0.2) is 4.98 Å². The van der Waals surface area contributed by atoms with Gasteiger partial charge in [0.15, 0.2) is 0 Å². The second-order valence-corrected chi connectivity index (χ2v) is 9.73. The summed E-state index contributed by atoms with van der Waals surface area (Å²) in [5.74, 6) is -1.06. The summed E-state index contributed by atoms with van der Waals surface area (Å²) in [4.78, 5) is 17.6. The molecule has 0 spiro atoms. The fourth-order valence-corrected chi connectivity index (χ4v) is 5.04. The van der Waals surface area contributed by atoms with Crippen LogP contribution in [0.1, 0.15) is 26.7 Å². The number of aromatic nitrogens is 1. The fourth-order valence-electron chi connectivity index (χ4n) is 4.82. The zero-order valence-corrected chi connectivity index (χ0v) is 21.3. The molecule has 0 aliphatic carbocycles. The van der Waals surface area contributed by atoms with Crippen LogP contribution in [0, 0.1) is 11.8 Å². The van der Waals surface area contributed by atoms with E-state index < -0.39 is 36.2 Å². The number of ether oxygens (including phenoxy) is 2. The van der Waals surface area contributed by atoms with E-state index in [9.17, 15) is 23.1 Å². The highest BCUT2D eigenvalue weighted by molar-refractivity contribution is 6.33. The van der Waals surface area contributed by atoms with E-state index in [1.807, 2.05) is 0 Å². The second kappa shape index (κ2) is 10.6. The standard InChI is InChI=1S/C25H28ClF3N4O4/c1-14-13-32(20-10-22(36-3)30-12-18(20)26)9-8-21(14)37-17-6-4-16(5-7-17)33-19(11-23(34)35)15(2)24(31-33)25(27,28)29/h4-7,10,12,14-15,19,21H,8-9,11,13H2,1-3H3,(H,34,35). The number of rotatable bonds is 7. The van der Waals surface area contributed by atoms with Crippen LogP contribution < -0.4 is 19.4 Å². The summed E-state index contributed by atoms with van der Waals surface area (Å²) < 4.78 is 51.7. The van der Waals surface area contributed by atoms with Crippen molar-refractivity contribution in [3.05, 3.63) is 41.6 Å². The van der Waals surface area contributed by atoms with Gasteiger partial charge in [-0.3, -0.25) is 9.80 Å². The lowest BCUT2D eigenvalue weighted by Crippen LogP contribution is -2.44. The van der Waals surface area contributed by atoms with Crippen LogP contribution >= 0.6 is 11.6 Å². The van der Waals surface area contributed by atoms with Crippen LogP contribution in [0.4, 0.5) is 24.5 Å². The Bertz CT molecular complexity index is 1160. The molecule has 1 aromatic carbocycles. The summed E-state index contributed by atoms with van der Waals surface area (Å²) in [6.45, 7) is 4.83. The van der Waals surface area contributed by atoms with Crippen LogP contribution in [-0.2, 0) is 4.79 Å². The molecule has 8 nitrogen and oxygen atoms in total. The average Bonchev–Trinajstić information content (AvgIpc) is 3.17. The number of methoxy groups -OCH3 is 1. The Morgan fingerprint density at radius 1 is 1.24 bits per heavy atom. The number of benzene rings is 1. The van der Waals surface area contributed by atoms with Crippen LogP contribution in [-0.4, -0.2) is 60.3 Å². The van der Waals surface area contributed by atoms with Crippen LogP contribution in [0.15, 0.2) is 41.6 Å². The van der Waals surface area contributed by atoms with Gasteiger partial charge < -0.3 is 19.5 Å². The number of anilines is 2. The maximum absolute atomic E-state index is 13.4. The molecule has 4 unspecified atom stereocenters. The molecule has 1 fully saturated rings. The van der Waals surface area contributed by atoms with Crippen molar-refractivity contribution in [2.45, 2.75) is 45.0 Å². The predicted molar refractivity (Wildman–Crippen MR) is 134 cm³/mol. The van der Waals surface area contributed by atoms with Gasteiger partial charge in [0.05, 0.1) is 42.2 Å². The van der Waals surface area contributed by atoms with Crippen molar-refractivity contribution in [2.24, 2.45) is 16.9 Å². The molecule has 1 N–H and O–H groups in total. The molecule has 200 valence electrons. The van der Waals surface area contributed by atoms with E-state index >= 15 is 0 Å². The molecule has 0 amide bonds. The highest BCUT2D eigenvalue weighted by atomic mass is 35.5. The van der Waals surface area contributed by atoms with Crippen LogP contribution in [0.2, 0.25) is 5.02 Å². The predicted octanol–water partition coefficient (Wildman–Crippen LogP) is 5.26. The maximum Gasteiger partial charge on any atom is 0.431 e. The first-order valence-electron chi connectivity index (χ1n) is 11.9. The normalized spacial score (nSPS) is 24.1. The largest absolute Gasteiger partial charge is 0.490 e. The third-order valence-corrected chi connectivity index (χ3v) is 7.08. The summed E-state index contributed by atoms with van der Waals surface area (Å²) in [6, 6.07) is 7.40. The van der Waals surface area contributed by atoms with Gasteiger partial charge in [0, 0.05) is 37.4 Å². The van der Waals surface area contributed by atoms with E-state index in [2.05, 4.69) is 21.9 Å². The first kappa shape index (κ1) is 26.8. The first-order valence-corrected chi connectivity index (χ1v) is 12.2. The number of halogens is 4. The van der Waals surface area contributed by atoms with Crippen molar-refractivity contribution in [1.82, 2.24) is 4.98 Å². The Morgan fingerprint density at radius 2 is 1.95 bits per heavy atom. The number of alkyl halides is 3. The molecule has 0 radical (unpaired) electrons. The van der Waals surface area contributed by atoms with Gasteiger partial charge in [0.1, 0.15) is 17.6 Å². The highest BCUT2D eigenvalue weighted by Crippen LogP contribution is 2.37. The molecule has 4 atom stereocenters. The van der Waals surface area contributed by atoms with Gasteiger partial charge in [-0.05, 0) is 24.3 Å². The molecule has 0 bridgehead atoms. The van der Waals surface area contributed by atoms with E-state index in [0.717, 1.165) is 17.1 Å². The zero-order valence-electron chi connectivity index (χ0n) is 20.6. The van der Waals surface area contributed by atoms with Crippen molar-refractivity contribution in [3.8, 4) is 11.6 Å². The third kappa shape index (κ3) is 5.87. The second-order valence-electron chi connectivity index (χ2n) is 9.32. The lowest BCUT2D eigenvalue weighted by Gasteiger charge is -2.38. The number of pyridine rings is 1. The summed E-state index contributed by atoms with van der Waals surface area (Å²) in [5.41, 5.74) is 0.234. The molecule has 1 aromatic heterocycles. The molecule has 2 aromatic rings. The number of carboxylic acids is 1. The molecule has 4 rings (SSSR count). The van der Waals surface area contributed by atoms with Crippen LogP contribution in [0.5, 0.6) is 11.6 Å². The van der Waals surface area contributed by atoms with Crippen molar-refractivity contribution in [1.29, 1.82) is 0 Å². The third-order valence-electron chi connectivity index (χ3n) is 6.79. The minimum Gasteiger partial charge on any atom is -0.490 e. The van der Waals surface area contributed by atoms with Gasteiger partial charge in [0.25, 0.3) is 0 Å². The quantitative estimate of drug-likeness (QED) is 0.513. The molecule has 12 heteroatoms. The van der Waals surface area contributed by atoms with Gasteiger partial charge in [-0.2, -0.15) is 18.3 Å². The Hall–Kier alpha value is -3.21. The summed E-state index contributed by atoms with van der Waals surface area (Å²) >= 11 is 6.35. The van der Waals surface area contributed by atoms with E-state index in [1.165, 1.54) is 6.92 Å². The van der Waals surface area contributed by atoms with Crippen molar-refractivity contribution < 1.29 is 32.5 Å². The summed E-state index contributed by atoms with van der Waals surface area (Å²) in [5, 5.41) is 14.7. The Morgan fingerprint density at radius 3 is 2.54 bits per heavy atom. The van der Waals surface area contributed by atoms with E-state index in [1.54, 1.807) is 43.6 Å². The zero-order chi connectivity index (χ0) is 26.9. The monoisotopic (exact) mass is 540 g/mol. The molecule has 2 aliphatic rings.